The molecule has 0 bridgehead atoms. The first-order chi connectivity index (χ1) is 19.1. The molecule has 0 spiro atoms. The van der Waals surface area contributed by atoms with E-state index in [2.05, 4.69) is 27.4 Å². The summed E-state index contributed by atoms with van der Waals surface area (Å²) >= 11 is 0. The Bertz CT molecular complexity index is 1280. The maximum atomic E-state index is 13.3. The summed E-state index contributed by atoms with van der Waals surface area (Å²) in [6.45, 7) is 5.45. The van der Waals surface area contributed by atoms with E-state index in [1.54, 1.807) is 10.9 Å². The summed E-state index contributed by atoms with van der Waals surface area (Å²) in [6.07, 6.45) is 3.22. The molecule has 39 heavy (non-hydrogen) atoms. The lowest BCUT2D eigenvalue weighted by molar-refractivity contribution is -0.125. The van der Waals surface area contributed by atoms with E-state index in [-0.39, 0.29) is 23.8 Å². The second-order valence-corrected chi connectivity index (χ2v) is 11.0. The van der Waals surface area contributed by atoms with Gasteiger partial charge in [0.1, 0.15) is 11.4 Å². The van der Waals surface area contributed by atoms with Gasteiger partial charge in [0.15, 0.2) is 0 Å². The third-order valence-corrected chi connectivity index (χ3v) is 8.44. The number of hydrogen-bond acceptors (Lipinski definition) is 6. The van der Waals surface area contributed by atoms with Crippen LogP contribution < -0.4 is 11.1 Å². The number of rotatable bonds is 8. The number of carbonyl (C=O) groups excluding carboxylic acids is 2. The summed E-state index contributed by atoms with van der Waals surface area (Å²) in [4.78, 5) is 30.6. The number of fused-ring (bicyclic) bond motifs is 1. The molecule has 0 aliphatic carbocycles. The van der Waals surface area contributed by atoms with Crippen molar-refractivity contribution in [2.24, 2.45) is 17.8 Å². The molecule has 204 valence electrons. The molecular formula is C30H36N6O3. The fourth-order valence-electron chi connectivity index (χ4n) is 6.26. The zero-order chi connectivity index (χ0) is 26.8. The molecule has 3 unspecified atom stereocenters. The van der Waals surface area contributed by atoms with Crippen molar-refractivity contribution < 1.29 is 14.3 Å². The number of nitrogens with zero attached hydrogens (tertiary/aromatic N) is 4. The first kappa shape index (κ1) is 25.6. The van der Waals surface area contributed by atoms with E-state index in [0.717, 1.165) is 56.8 Å². The van der Waals surface area contributed by atoms with Crippen LogP contribution in [0.5, 0.6) is 0 Å². The minimum atomic E-state index is -0.0558. The highest BCUT2D eigenvalue weighted by atomic mass is 16.5. The van der Waals surface area contributed by atoms with Gasteiger partial charge >= 0.3 is 0 Å². The summed E-state index contributed by atoms with van der Waals surface area (Å²) in [6, 6.07) is 19.8. The minimum absolute atomic E-state index is 0.0260. The molecule has 3 aromatic rings. The van der Waals surface area contributed by atoms with Crippen LogP contribution in [0.2, 0.25) is 0 Å². The highest BCUT2D eigenvalue weighted by Gasteiger charge is 2.42. The number of nitrogens with one attached hydrogen (secondary N) is 1. The first-order valence-electron chi connectivity index (χ1n) is 13.9. The maximum Gasteiger partial charge on any atom is 0.259 e. The van der Waals surface area contributed by atoms with Gasteiger partial charge in [0.05, 0.1) is 30.5 Å². The molecule has 9 nitrogen and oxygen atoms in total. The van der Waals surface area contributed by atoms with Gasteiger partial charge in [-0.15, -0.1) is 0 Å². The number of amides is 2. The molecule has 6 rings (SSSR count). The van der Waals surface area contributed by atoms with Crippen molar-refractivity contribution in [1.82, 2.24) is 24.9 Å². The number of anilines is 1. The van der Waals surface area contributed by atoms with Crippen molar-refractivity contribution in [1.29, 1.82) is 0 Å². The first-order valence-corrected chi connectivity index (χ1v) is 13.9. The Kier molecular flexibility index (Phi) is 7.34. The summed E-state index contributed by atoms with van der Waals surface area (Å²) in [5, 5.41) is 7.66. The van der Waals surface area contributed by atoms with Crippen LogP contribution in [0.4, 0.5) is 5.82 Å². The molecule has 0 saturated carbocycles. The van der Waals surface area contributed by atoms with Crippen molar-refractivity contribution in [3.8, 4) is 5.69 Å². The Hall–Kier alpha value is -3.69. The summed E-state index contributed by atoms with van der Waals surface area (Å²) in [5.41, 5.74) is 8.77. The minimum Gasteiger partial charge on any atom is -0.383 e. The Labute approximate surface area is 228 Å². The predicted octanol–water partition coefficient (Wildman–Crippen LogP) is 2.74. The lowest BCUT2D eigenvalue weighted by Gasteiger charge is -2.25. The van der Waals surface area contributed by atoms with Gasteiger partial charge < -0.3 is 25.6 Å². The van der Waals surface area contributed by atoms with E-state index in [1.165, 1.54) is 0 Å². The Morgan fingerprint density at radius 3 is 2.36 bits per heavy atom. The van der Waals surface area contributed by atoms with E-state index in [4.69, 9.17) is 10.5 Å². The number of nitrogen functional groups attached to an aromatic ring is 1. The fraction of sp³-hybridized carbons (Fsp3) is 0.433. The van der Waals surface area contributed by atoms with Gasteiger partial charge in [-0.25, -0.2) is 4.68 Å². The van der Waals surface area contributed by atoms with Crippen LogP contribution in [0.25, 0.3) is 5.69 Å². The van der Waals surface area contributed by atoms with Crippen LogP contribution in [0.1, 0.15) is 34.8 Å². The second kappa shape index (κ2) is 11.2. The van der Waals surface area contributed by atoms with Gasteiger partial charge in [-0.05, 0) is 42.4 Å². The van der Waals surface area contributed by atoms with Crippen LogP contribution in [0.15, 0.2) is 66.9 Å². The Morgan fingerprint density at radius 1 is 1.00 bits per heavy atom. The zero-order valence-corrected chi connectivity index (χ0v) is 22.1. The number of nitrogens with two attached hydrogens (primary N) is 1. The molecule has 9 heteroatoms. The topological polar surface area (TPSA) is 106 Å². The lowest BCUT2D eigenvalue weighted by atomic mass is 10.0. The summed E-state index contributed by atoms with van der Waals surface area (Å²) in [7, 11) is 0. The molecule has 0 radical (unpaired) electrons. The van der Waals surface area contributed by atoms with Gasteiger partial charge in [0.2, 0.25) is 5.91 Å². The van der Waals surface area contributed by atoms with E-state index < -0.39 is 0 Å². The highest BCUT2D eigenvalue weighted by Crippen LogP contribution is 2.33. The molecular weight excluding hydrogens is 492 g/mol. The van der Waals surface area contributed by atoms with Crippen LogP contribution in [-0.4, -0.2) is 77.3 Å². The van der Waals surface area contributed by atoms with E-state index in [1.807, 2.05) is 53.4 Å². The van der Waals surface area contributed by atoms with E-state index in [0.29, 0.717) is 36.4 Å². The molecule has 3 fully saturated rings. The number of ether oxygens (including phenoxy) is 1. The predicted molar refractivity (Wildman–Crippen MR) is 148 cm³/mol. The van der Waals surface area contributed by atoms with Crippen LogP contribution in [0, 0.1) is 17.8 Å². The highest BCUT2D eigenvalue weighted by molar-refractivity contribution is 5.98. The number of hydrogen-bond donors (Lipinski definition) is 2. The van der Waals surface area contributed by atoms with E-state index in [9.17, 15) is 9.59 Å². The van der Waals surface area contributed by atoms with Crippen LogP contribution >= 0.6 is 0 Å². The third-order valence-electron chi connectivity index (χ3n) is 8.44. The van der Waals surface area contributed by atoms with Gasteiger partial charge in [-0.1, -0.05) is 48.5 Å². The van der Waals surface area contributed by atoms with Gasteiger partial charge in [-0.3, -0.25) is 9.59 Å². The molecule has 3 saturated heterocycles. The van der Waals surface area contributed by atoms with Crippen molar-refractivity contribution in [2.75, 3.05) is 51.7 Å². The number of benzene rings is 2. The average Bonchev–Trinajstić information content (AvgIpc) is 3.76. The number of para-hydroxylation sites is 1. The fourth-order valence-corrected chi connectivity index (χ4v) is 6.26. The monoisotopic (exact) mass is 528 g/mol. The molecule has 2 amide bonds. The average molecular weight is 529 g/mol. The number of aromatic nitrogens is 2. The molecule has 4 heterocycles. The smallest absolute Gasteiger partial charge is 0.259 e. The van der Waals surface area contributed by atoms with Crippen LogP contribution in [0.3, 0.4) is 0 Å². The number of carbonyl (C=O) groups is 2. The Balaban J connectivity index is 1.04. The third kappa shape index (κ3) is 5.42. The quantitative estimate of drug-likeness (QED) is 0.466. The molecule has 2 aromatic carbocycles. The van der Waals surface area contributed by atoms with Crippen LogP contribution in [-0.2, 0) is 9.53 Å². The number of likely N-dealkylation sites (tertiary alicyclic amines) is 2. The largest absolute Gasteiger partial charge is 0.383 e. The molecule has 1 aromatic heterocycles. The van der Waals surface area contributed by atoms with Crippen molar-refractivity contribution in [2.45, 2.75) is 18.9 Å². The Morgan fingerprint density at radius 2 is 1.69 bits per heavy atom. The summed E-state index contributed by atoms with van der Waals surface area (Å²) < 4.78 is 7.04. The van der Waals surface area contributed by atoms with Crippen molar-refractivity contribution >= 4 is 17.6 Å². The second-order valence-electron chi connectivity index (χ2n) is 11.0. The normalized spacial score (nSPS) is 23.6. The van der Waals surface area contributed by atoms with Gasteiger partial charge in [-0.2, -0.15) is 5.10 Å². The van der Waals surface area contributed by atoms with Crippen molar-refractivity contribution in [3.05, 3.63) is 78.0 Å². The lowest BCUT2D eigenvalue weighted by Crippen LogP contribution is -2.37. The van der Waals surface area contributed by atoms with Gasteiger partial charge in [0, 0.05) is 39.3 Å². The molecule has 3 N–H and O–H groups in total. The standard InChI is InChI=1S/C30H36N6O3/c31-28-26(15-32-36(28)25-9-5-2-6-10-25)30(38)35-18-23-16-34(17-24(23)19-35)13-11-27(21-7-3-1-4-8-21)33-29(37)22-12-14-39-20-22/h1-10,15,22-24,27H,11-14,16-20,31H2,(H,33,37)/t22?,23?,24?,27-/m0/s1. The van der Waals surface area contributed by atoms with Crippen molar-refractivity contribution in [3.63, 3.8) is 0 Å². The summed E-state index contributed by atoms with van der Waals surface area (Å²) in [5.74, 6) is 1.25. The van der Waals surface area contributed by atoms with E-state index >= 15 is 0 Å². The zero-order valence-electron chi connectivity index (χ0n) is 22.1. The van der Waals surface area contributed by atoms with Gasteiger partial charge in [0.25, 0.3) is 5.91 Å². The molecule has 3 aliphatic heterocycles. The maximum absolute atomic E-state index is 13.3. The molecule has 3 aliphatic rings. The molecule has 4 atom stereocenters. The SMILES string of the molecule is Nc1c(C(=O)N2CC3CN(CC[C@H](NC(=O)C4CCOC4)c4ccccc4)CC3C2)cnn1-c1ccccc1.